The van der Waals surface area contributed by atoms with E-state index < -0.39 is 0 Å². The molecule has 0 saturated carbocycles. The maximum Gasteiger partial charge on any atom is 0.319 e. The van der Waals surface area contributed by atoms with Gasteiger partial charge in [0.25, 0.3) is 0 Å². The Balaban J connectivity index is 1.68. The van der Waals surface area contributed by atoms with Gasteiger partial charge >= 0.3 is 6.03 Å². The third kappa shape index (κ3) is 4.31. The van der Waals surface area contributed by atoms with Gasteiger partial charge in [-0.2, -0.15) is 0 Å². The summed E-state index contributed by atoms with van der Waals surface area (Å²) >= 11 is 0. The molecule has 0 fully saturated rings. The number of anilines is 2. The first-order valence-corrected chi connectivity index (χ1v) is 8.76. The fourth-order valence-electron chi connectivity index (χ4n) is 3.20. The van der Waals surface area contributed by atoms with Crippen LogP contribution in [-0.4, -0.2) is 30.3 Å². The summed E-state index contributed by atoms with van der Waals surface area (Å²) in [5.41, 5.74) is 4.56. The molecule has 132 valence electrons. The predicted octanol–water partition coefficient (Wildman–Crippen LogP) is 3.14. The molecular weight excluding hydrogens is 314 g/mol. The molecule has 1 heterocycles. The Kier molecular flexibility index (Phi) is 5.56. The topological polar surface area (TPSA) is 64.6 Å². The van der Waals surface area contributed by atoms with Crippen molar-refractivity contribution in [2.75, 3.05) is 23.4 Å². The van der Waals surface area contributed by atoms with Crippen molar-refractivity contribution in [3.63, 3.8) is 0 Å². The standard InChI is InChI=1S/C20H25N3O2/c1-15(11-13-24)21-20(25)22-18-8-4-2-7-17(18)14-23-12-10-16-6-3-5-9-19(16)23/h2-9,15,24H,10-14H2,1H3,(H2,21,22,25)/t15-/m0/s1. The highest BCUT2D eigenvalue weighted by Crippen LogP contribution is 2.30. The zero-order chi connectivity index (χ0) is 17.6. The SMILES string of the molecule is C[C@@H](CCO)NC(=O)Nc1ccccc1CN1CCc2ccccc21. The summed E-state index contributed by atoms with van der Waals surface area (Å²) in [6.45, 7) is 3.70. The summed E-state index contributed by atoms with van der Waals surface area (Å²) in [4.78, 5) is 14.5. The van der Waals surface area contributed by atoms with Crippen molar-refractivity contribution < 1.29 is 9.90 Å². The van der Waals surface area contributed by atoms with Crippen LogP contribution >= 0.6 is 0 Å². The zero-order valence-electron chi connectivity index (χ0n) is 14.5. The lowest BCUT2D eigenvalue weighted by Gasteiger charge is -2.22. The number of carbonyl (C=O) groups excluding carboxylic acids is 1. The molecule has 5 heteroatoms. The number of nitrogens with one attached hydrogen (secondary N) is 2. The minimum atomic E-state index is -0.241. The van der Waals surface area contributed by atoms with Crippen LogP contribution in [0.1, 0.15) is 24.5 Å². The second-order valence-electron chi connectivity index (χ2n) is 6.47. The number of carbonyl (C=O) groups is 1. The minimum absolute atomic E-state index is 0.0619. The number of rotatable bonds is 6. The van der Waals surface area contributed by atoms with E-state index in [1.54, 1.807) is 0 Å². The van der Waals surface area contributed by atoms with E-state index in [4.69, 9.17) is 5.11 Å². The van der Waals surface area contributed by atoms with E-state index in [-0.39, 0.29) is 18.7 Å². The molecule has 3 N–H and O–H groups in total. The zero-order valence-corrected chi connectivity index (χ0v) is 14.5. The number of benzene rings is 2. The van der Waals surface area contributed by atoms with Crippen molar-refractivity contribution in [2.24, 2.45) is 0 Å². The van der Waals surface area contributed by atoms with Gasteiger partial charge in [0.05, 0.1) is 0 Å². The van der Waals surface area contributed by atoms with Crippen LogP contribution in [0.3, 0.4) is 0 Å². The molecule has 1 aliphatic heterocycles. The Morgan fingerprint density at radius 3 is 2.80 bits per heavy atom. The van der Waals surface area contributed by atoms with Gasteiger partial charge in [-0.1, -0.05) is 36.4 Å². The van der Waals surface area contributed by atoms with Gasteiger partial charge in [-0.05, 0) is 43.0 Å². The molecule has 2 aromatic carbocycles. The quantitative estimate of drug-likeness (QED) is 0.757. The third-order valence-electron chi connectivity index (χ3n) is 4.55. The van der Waals surface area contributed by atoms with Gasteiger partial charge in [-0.15, -0.1) is 0 Å². The van der Waals surface area contributed by atoms with Crippen molar-refractivity contribution in [2.45, 2.75) is 32.4 Å². The number of aliphatic hydroxyl groups is 1. The monoisotopic (exact) mass is 339 g/mol. The molecule has 1 aliphatic rings. The van der Waals surface area contributed by atoms with Crippen LogP contribution in [0.15, 0.2) is 48.5 Å². The molecule has 2 amide bonds. The number of para-hydroxylation sites is 2. The lowest BCUT2D eigenvalue weighted by molar-refractivity contribution is 0.241. The summed E-state index contributed by atoms with van der Waals surface area (Å²) < 4.78 is 0. The van der Waals surface area contributed by atoms with Gasteiger partial charge < -0.3 is 20.6 Å². The van der Waals surface area contributed by atoms with Crippen molar-refractivity contribution in [1.29, 1.82) is 0 Å². The highest BCUT2D eigenvalue weighted by Gasteiger charge is 2.19. The Morgan fingerprint density at radius 1 is 1.20 bits per heavy atom. The fraction of sp³-hybridized carbons (Fsp3) is 0.350. The third-order valence-corrected chi connectivity index (χ3v) is 4.55. The summed E-state index contributed by atoms with van der Waals surface area (Å²) in [6, 6.07) is 16.1. The smallest absolute Gasteiger partial charge is 0.319 e. The van der Waals surface area contributed by atoms with Gasteiger partial charge in [0.1, 0.15) is 0 Å². The molecule has 0 radical (unpaired) electrons. The number of nitrogens with zero attached hydrogens (tertiary/aromatic N) is 1. The molecule has 2 aromatic rings. The predicted molar refractivity (Wildman–Crippen MR) is 101 cm³/mol. The van der Waals surface area contributed by atoms with Gasteiger partial charge in [0, 0.05) is 37.1 Å². The van der Waals surface area contributed by atoms with E-state index in [0.717, 1.165) is 30.8 Å². The largest absolute Gasteiger partial charge is 0.396 e. The van der Waals surface area contributed by atoms with E-state index in [2.05, 4.69) is 39.8 Å². The first-order valence-electron chi connectivity index (χ1n) is 8.76. The fourth-order valence-corrected chi connectivity index (χ4v) is 3.20. The van der Waals surface area contributed by atoms with Crippen LogP contribution in [0.25, 0.3) is 0 Å². The highest BCUT2D eigenvalue weighted by molar-refractivity contribution is 5.90. The molecule has 3 rings (SSSR count). The van der Waals surface area contributed by atoms with Crippen molar-refractivity contribution >= 4 is 17.4 Å². The molecule has 5 nitrogen and oxygen atoms in total. The lowest BCUT2D eigenvalue weighted by Crippen LogP contribution is -2.37. The summed E-state index contributed by atoms with van der Waals surface area (Å²) in [5.74, 6) is 0. The van der Waals surface area contributed by atoms with Gasteiger partial charge in [-0.25, -0.2) is 4.79 Å². The number of amides is 2. The minimum Gasteiger partial charge on any atom is -0.396 e. The molecular formula is C20H25N3O2. The van der Waals surface area contributed by atoms with Crippen molar-refractivity contribution in [3.05, 3.63) is 59.7 Å². The van der Waals surface area contributed by atoms with Crippen molar-refractivity contribution in [1.82, 2.24) is 5.32 Å². The number of hydrogen-bond donors (Lipinski definition) is 3. The first-order chi connectivity index (χ1) is 12.2. The maximum atomic E-state index is 12.2. The van der Waals surface area contributed by atoms with Crippen LogP contribution in [0.5, 0.6) is 0 Å². The Bertz CT molecular complexity index is 732. The van der Waals surface area contributed by atoms with E-state index in [1.165, 1.54) is 11.3 Å². The molecule has 0 aliphatic carbocycles. The number of hydrogen-bond acceptors (Lipinski definition) is 3. The van der Waals surface area contributed by atoms with Crippen LogP contribution in [-0.2, 0) is 13.0 Å². The van der Waals surface area contributed by atoms with Gasteiger partial charge in [0.2, 0.25) is 0 Å². The second kappa shape index (κ2) is 8.03. The van der Waals surface area contributed by atoms with Gasteiger partial charge in [-0.3, -0.25) is 0 Å². The summed E-state index contributed by atoms with van der Waals surface area (Å²) in [5, 5.41) is 14.7. The van der Waals surface area contributed by atoms with Crippen LogP contribution in [0.4, 0.5) is 16.2 Å². The van der Waals surface area contributed by atoms with E-state index in [9.17, 15) is 4.79 Å². The molecule has 0 aromatic heterocycles. The average molecular weight is 339 g/mol. The normalized spacial score (nSPS) is 14.1. The molecule has 0 bridgehead atoms. The van der Waals surface area contributed by atoms with Crippen LogP contribution in [0, 0.1) is 0 Å². The van der Waals surface area contributed by atoms with Crippen molar-refractivity contribution in [3.8, 4) is 0 Å². The molecule has 0 unspecified atom stereocenters. The molecule has 1 atom stereocenters. The highest BCUT2D eigenvalue weighted by atomic mass is 16.3. The second-order valence-corrected chi connectivity index (χ2v) is 6.47. The number of urea groups is 1. The average Bonchev–Trinajstić information content (AvgIpc) is 3.00. The molecule has 0 saturated heterocycles. The Morgan fingerprint density at radius 2 is 1.96 bits per heavy atom. The molecule has 25 heavy (non-hydrogen) atoms. The molecule has 0 spiro atoms. The maximum absolute atomic E-state index is 12.2. The van der Waals surface area contributed by atoms with E-state index in [1.807, 2.05) is 31.2 Å². The number of fused-ring (bicyclic) bond motifs is 1. The van der Waals surface area contributed by atoms with E-state index >= 15 is 0 Å². The van der Waals surface area contributed by atoms with Crippen LogP contribution < -0.4 is 15.5 Å². The summed E-state index contributed by atoms with van der Waals surface area (Å²) in [7, 11) is 0. The lowest BCUT2D eigenvalue weighted by atomic mass is 10.1. The first kappa shape index (κ1) is 17.3. The van der Waals surface area contributed by atoms with E-state index in [0.29, 0.717) is 6.42 Å². The Labute approximate surface area is 148 Å². The Hall–Kier alpha value is -2.53. The van der Waals surface area contributed by atoms with Gasteiger partial charge in [0.15, 0.2) is 0 Å². The summed E-state index contributed by atoms with van der Waals surface area (Å²) in [6.07, 6.45) is 1.60. The van der Waals surface area contributed by atoms with Crippen LogP contribution in [0.2, 0.25) is 0 Å². The number of aliphatic hydroxyl groups excluding tert-OH is 1.